The molecule has 0 aromatic rings. The van der Waals surface area contributed by atoms with Crippen molar-refractivity contribution in [1.82, 2.24) is 4.72 Å². The number of hydrogen-bond donors (Lipinski definition) is 1. The third-order valence-corrected chi connectivity index (χ3v) is 5.17. The fraction of sp³-hybridized carbons (Fsp3) is 1.00. The Morgan fingerprint density at radius 2 is 1.86 bits per heavy atom. The molecule has 0 saturated heterocycles. The van der Waals surface area contributed by atoms with Gasteiger partial charge in [0.15, 0.2) is 0 Å². The molecule has 1 N–H and O–H groups in total. The summed E-state index contributed by atoms with van der Waals surface area (Å²) < 4.78 is 26.2. The van der Waals surface area contributed by atoms with Gasteiger partial charge in [0.1, 0.15) is 0 Å². The van der Waals surface area contributed by atoms with E-state index in [1.165, 1.54) is 0 Å². The first-order valence-electron chi connectivity index (χ1n) is 4.76. The molecular formula is C9H18BrNO2S. The highest BCUT2D eigenvalue weighted by molar-refractivity contribution is 9.09. The van der Waals surface area contributed by atoms with Crippen molar-refractivity contribution in [3.63, 3.8) is 0 Å². The first-order valence-corrected chi connectivity index (χ1v) is 7.53. The molecule has 0 spiro atoms. The Morgan fingerprint density at radius 3 is 2.14 bits per heavy atom. The quantitative estimate of drug-likeness (QED) is 0.801. The fourth-order valence-electron chi connectivity index (χ4n) is 1.35. The third kappa shape index (κ3) is 3.87. The van der Waals surface area contributed by atoms with Gasteiger partial charge in [-0.2, -0.15) is 0 Å². The van der Waals surface area contributed by atoms with Gasteiger partial charge in [-0.15, -0.1) is 0 Å². The predicted molar refractivity (Wildman–Crippen MR) is 62.1 cm³/mol. The van der Waals surface area contributed by atoms with Crippen molar-refractivity contribution in [3.05, 3.63) is 0 Å². The van der Waals surface area contributed by atoms with Crippen molar-refractivity contribution in [3.8, 4) is 0 Å². The van der Waals surface area contributed by atoms with Crippen LogP contribution in [-0.2, 0) is 10.0 Å². The van der Waals surface area contributed by atoms with E-state index in [1.54, 1.807) is 0 Å². The van der Waals surface area contributed by atoms with Crippen LogP contribution in [0.3, 0.4) is 0 Å². The lowest BCUT2D eigenvalue weighted by Gasteiger charge is -2.21. The molecule has 0 aromatic carbocycles. The summed E-state index contributed by atoms with van der Waals surface area (Å²) in [5.74, 6) is 0.189. The molecule has 5 heteroatoms. The van der Waals surface area contributed by atoms with E-state index in [1.807, 2.05) is 20.8 Å². The van der Waals surface area contributed by atoms with Gasteiger partial charge in [-0.3, -0.25) is 0 Å². The number of halogens is 1. The number of hydrogen-bond acceptors (Lipinski definition) is 2. The number of alkyl halides is 1. The smallest absolute Gasteiger partial charge is 0.212 e. The second kappa shape index (κ2) is 3.76. The molecule has 0 bridgehead atoms. The minimum atomic E-state index is -3.13. The second-order valence-corrected chi connectivity index (χ2v) is 7.62. The summed E-state index contributed by atoms with van der Waals surface area (Å²) in [6.07, 6.45) is 1.89. The van der Waals surface area contributed by atoms with Crippen LogP contribution in [0, 0.1) is 5.41 Å². The van der Waals surface area contributed by atoms with E-state index in [4.69, 9.17) is 0 Å². The average Bonchev–Trinajstić information content (AvgIpc) is 2.62. The Bertz CT molecular complexity index is 301. The molecule has 3 nitrogen and oxygen atoms in total. The molecule has 0 unspecified atom stereocenters. The summed E-state index contributed by atoms with van der Waals surface area (Å²) in [5.41, 5.74) is -0.363. The van der Waals surface area contributed by atoms with Crippen LogP contribution < -0.4 is 4.72 Å². The van der Waals surface area contributed by atoms with Crippen molar-refractivity contribution >= 4 is 26.0 Å². The topological polar surface area (TPSA) is 46.2 Å². The first-order chi connectivity index (χ1) is 6.18. The van der Waals surface area contributed by atoms with Gasteiger partial charge in [-0.05, 0) is 18.3 Å². The molecule has 0 aliphatic heterocycles. The summed E-state index contributed by atoms with van der Waals surface area (Å²) >= 11 is 3.34. The molecule has 1 saturated carbocycles. The predicted octanol–water partition coefficient (Wildman–Crippen LogP) is 1.88. The number of sulfonamides is 1. The van der Waals surface area contributed by atoms with Crippen LogP contribution in [0.2, 0.25) is 0 Å². The van der Waals surface area contributed by atoms with E-state index in [2.05, 4.69) is 20.7 Å². The molecule has 84 valence electrons. The van der Waals surface area contributed by atoms with Gasteiger partial charge in [-0.1, -0.05) is 36.7 Å². The van der Waals surface area contributed by atoms with Crippen LogP contribution in [0.4, 0.5) is 0 Å². The van der Waals surface area contributed by atoms with E-state index >= 15 is 0 Å². The summed E-state index contributed by atoms with van der Waals surface area (Å²) in [7, 11) is -3.13. The van der Waals surface area contributed by atoms with Crippen LogP contribution in [0.1, 0.15) is 33.6 Å². The van der Waals surface area contributed by atoms with Crippen molar-refractivity contribution in [1.29, 1.82) is 0 Å². The fourth-order valence-corrected chi connectivity index (χ4v) is 4.38. The maximum Gasteiger partial charge on any atom is 0.212 e. The van der Waals surface area contributed by atoms with Gasteiger partial charge in [-0.25, -0.2) is 13.1 Å². The van der Waals surface area contributed by atoms with Crippen LogP contribution in [0.25, 0.3) is 0 Å². The summed E-state index contributed by atoms with van der Waals surface area (Å²) in [4.78, 5) is 0. The zero-order valence-electron chi connectivity index (χ0n) is 8.93. The molecule has 0 radical (unpaired) electrons. The highest BCUT2D eigenvalue weighted by atomic mass is 79.9. The number of rotatable bonds is 4. The number of nitrogens with one attached hydrogen (secondary N) is 1. The SMILES string of the molecule is CC(C)(C)CS(=O)(=O)NC1(CBr)CC1. The van der Waals surface area contributed by atoms with E-state index in [-0.39, 0.29) is 16.7 Å². The Balaban J connectivity index is 2.59. The van der Waals surface area contributed by atoms with Gasteiger partial charge in [0, 0.05) is 10.9 Å². The maximum atomic E-state index is 11.7. The van der Waals surface area contributed by atoms with E-state index < -0.39 is 10.0 Å². The maximum absolute atomic E-state index is 11.7. The van der Waals surface area contributed by atoms with Gasteiger partial charge >= 0.3 is 0 Å². The lowest BCUT2D eigenvalue weighted by Crippen LogP contribution is -2.41. The standard InChI is InChI=1S/C9H18BrNO2S/c1-8(2,3)7-14(12,13)11-9(6-10)4-5-9/h11H,4-7H2,1-3H3. The molecule has 1 aliphatic rings. The third-order valence-electron chi connectivity index (χ3n) is 2.10. The lowest BCUT2D eigenvalue weighted by atomic mass is 10.0. The van der Waals surface area contributed by atoms with Gasteiger partial charge < -0.3 is 0 Å². The molecule has 1 aliphatic carbocycles. The van der Waals surface area contributed by atoms with E-state index in [9.17, 15) is 8.42 Å². The molecule has 14 heavy (non-hydrogen) atoms. The largest absolute Gasteiger partial charge is 0.212 e. The minimum Gasteiger partial charge on any atom is -0.212 e. The molecule has 0 heterocycles. The highest BCUT2D eigenvalue weighted by Gasteiger charge is 2.45. The zero-order chi connectivity index (χ0) is 11.0. The van der Waals surface area contributed by atoms with Crippen LogP contribution >= 0.6 is 15.9 Å². The second-order valence-electron chi connectivity index (χ2n) is 5.34. The van der Waals surface area contributed by atoms with Crippen LogP contribution in [0.15, 0.2) is 0 Å². The van der Waals surface area contributed by atoms with Crippen molar-refractivity contribution in [2.75, 3.05) is 11.1 Å². The van der Waals surface area contributed by atoms with Crippen LogP contribution in [-0.4, -0.2) is 25.0 Å². The molecule has 0 atom stereocenters. The first kappa shape index (κ1) is 12.5. The van der Waals surface area contributed by atoms with Crippen LogP contribution in [0.5, 0.6) is 0 Å². The Kier molecular flexibility index (Phi) is 3.34. The lowest BCUT2D eigenvalue weighted by molar-refractivity contribution is 0.454. The van der Waals surface area contributed by atoms with Gasteiger partial charge in [0.05, 0.1) is 5.75 Å². The molecule has 0 aromatic heterocycles. The van der Waals surface area contributed by atoms with Crippen molar-refractivity contribution < 1.29 is 8.42 Å². The van der Waals surface area contributed by atoms with Crippen molar-refractivity contribution in [2.45, 2.75) is 39.2 Å². The molecular weight excluding hydrogens is 266 g/mol. The Hall–Kier alpha value is 0.390. The summed E-state index contributed by atoms with van der Waals surface area (Å²) in [5, 5.41) is 0.712. The average molecular weight is 284 g/mol. The summed E-state index contributed by atoms with van der Waals surface area (Å²) in [6.45, 7) is 5.79. The highest BCUT2D eigenvalue weighted by Crippen LogP contribution is 2.38. The van der Waals surface area contributed by atoms with E-state index in [0.29, 0.717) is 5.33 Å². The van der Waals surface area contributed by atoms with E-state index in [0.717, 1.165) is 12.8 Å². The Labute approximate surface area is 94.8 Å². The molecule has 1 fully saturated rings. The van der Waals surface area contributed by atoms with Crippen molar-refractivity contribution in [2.24, 2.45) is 5.41 Å². The normalized spacial score (nSPS) is 20.9. The zero-order valence-corrected chi connectivity index (χ0v) is 11.3. The minimum absolute atomic E-state index is 0.177. The summed E-state index contributed by atoms with van der Waals surface area (Å²) in [6, 6.07) is 0. The van der Waals surface area contributed by atoms with Gasteiger partial charge in [0.2, 0.25) is 10.0 Å². The van der Waals surface area contributed by atoms with Gasteiger partial charge in [0.25, 0.3) is 0 Å². The molecule has 1 rings (SSSR count). The molecule has 0 amide bonds. The Morgan fingerprint density at radius 1 is 1.36 bits per heavy atom. The monoisotopic (exact) mass is 283 g/mol.